The van der Waals surface area contributed by atoms with Crippen molar-refractivity contribution >= 4 is 17.0 Å². The predicted octanol–water partition coefficient (Wildman–Crippen LogP) is 3.05. The van der Waals surface area contributed by atoms with Crippen LogP contribution in [0.1, 0.15) is 55.8 Å². The summed E-state index contributed by atoms with van der Waals surface area (Å²) in [6.07, 6.45) is 0. The van der Waals surface area contributed by atoms with Gasteiger partial charge in [-0.3, -0.25) is 0 Å². The summed E-state index contributed by atoms with van der Waals surface area (Å²) in [7, 11) is 0. The summed E-state index contributed by atoms with van der Waals surface area (Å²) in [5.74, 6) is 0.155. The number of rotatable bonds is 5. The number of benzene rings is 1. The molecule has 0 radical (unpaired) electrons. The third kappa shape index (κ3) is 2.65. The molecule has 114 valence electrons. The molecule has 0 aliphatic rings. The lowest BCUT2D eigenvalue weighted by atomic mass is 10.0. The molecule has 1 aromatic carbocycles. The molecular formula is C16H22N2O3. The van der Waals surface area contributed by atoms with E-state index in [2.05, 4.69) is 4.98 Å². The van der Waals surface area contributed by atoms with E-state index in [1.54, 1.807) is 12.1 Å². The van der Waals surface area contributed by atoms with Crippen LogP contribution in [-0.4, -0.2) is 32.3 Å². The second kappa shape index (κ2) is 5.85. The van der Waals surface area contributed by atoms with Gasteiger partial charge in [-0.1, -0.05) is 33.8 Å². The maximum atomic E-state index is 11.5. The molecule has 1 aromatic heterocycles. The highest BCUT2D eigenvalue weighted by molar-refractivity contribution is 6.01. The first-order valence-corrected chi connectivity index (χ1v) is 7.23. The molecule has 0 saturated carbocycles. The summed E-state index contributed by atoms with van der Waals surface area (Å²) < 4.78 is 1.91. The molecule has 0 amide bonds. The van der Waals surface area contributed by atoms with Crippen LogP contribution in [0.5, 0.6) is 0 Å². The highest BCUT2D eigenvalue weighted by Crippen LogP contribution is 2.31. The van der Waals surface area contributed by atoms with Crippen molar-refractivity contribution in [2.45, 2.75) is 39.7 Å². The van der Waals surface area contributed by atoms with Crippen molar-refractivity contribution in [3.63, 3.8) is 0 Å². The number of hydrogen-bond acceptors (Lipinski definition) is 3. The first-order valence-electron chi connectivity index (χ1n) is 7.23. The minimum atomic E-state index is -0.975. The Morgan fingerprint density at radius 3 is 2.43 bits per heavy atom. The summed E-state index contributed by atoms with van der Waals surface area (Å²) >= 11 is 0. The monoisotopic (exact) mass is 290 g/mol. The van der Waals surface area contributed by atoms with Crippen molar-refractivity contribution in [2.75, 3.05) is 6.61 Å². The van der Waals surface area contributed by atoms with Crippen LogP contribution < -0.4 is 0 Å². The lowest BCUT2D eigenvalue weighted by Gasteiger charge is -2.24. The van der Waals surface area contributed by atoms with E-state index in [0.717, 1.165) is 5.82 Å². The summed E-state index contributed by atoms with van der Waals surface area (Å²) in [5.41, 5.74) is 1.49. The number of nitrogens with zero attached hydrogens (tertiary/aromatic N) is 2. The smallest absolute Gasteiger partial charge is 0.337 e. The largest absolute Gasteiger partial charge is 0.478 e. The Morgan fingerprint density at radius 2 is 1.95 bits per heavy atom. The molecular weight excluding hydrogens is 268 g/mol. The molecule has 2 N–H and O–H groups in total. The molecule has 0 fully saturated rings. The number of carbonyl (C=O) groups is 1. The fourth-order valence-electron chi connectivity index (χ4n) is 2.67. The zero-order chi connectivity index (χ0) is 15.7. The van der Waals surface area contributed by atoms with Crippen molar-refractivity contribution in [2.24, 2.45) is 5.92 Å². The van der Waals surface area contributed by atoms with E-state index < -0.39 is 5.97 Å². The molecule has 0 bridgehead atoms. The Labute approximate surface area is 124 Å². The van der Waals surface area contributed by atoms with Gasteiger partial charge in [0.15, 0.2) is 0 Å². The lowest BCUT2D eigenvalue weighted by Crippen LogP contribution is -2.22. The molecule has 2 rings (SSSR count). The fourth-order valence-corrected chi connectivity index (χ4v) is 2.67. The molecule has 5 nitrogen and oxygen atoms in total. The van der Waals surface area contributed by atoms with Crippen molar-refractivity contribution in [1.82, 2.24) is 9.55 Å². The second-order valence-corrected chi connectivity index (χ2v) is 5.97. The summed E-state index contributed by atoms with van der Waals surface area (Å²) in [6.45, 7) is 8.02. The van der Waals surface area contributed by atoms with Crippen molar-refractivity contribution in [3.05, 3.63) is 29.6 Å². The number of para-hydroxylation sites is 1. The van der Waals surface area contributed by atoms with E-state index in [-0.39, 0.29) is 30.0 Å². The number of imidazole rings is 1. The minimum absolute atomic E-state index is 0.0448. The van der Waals surface area contributed by atoms with Gasteiger partial charge in [0, 0.05) is 5.92 Å². The number of carboxylic acids is 1. The molecule has 1 unspecified atom stereocenters. The zero-order valence-corrected chi connectivity index (χ0v) is 12.9. The average molecular weight is 290 g/mol. The van der Waals surface area contributed by atoms with Gasteiger partial charge in [0.1, 0.15) is 5.82 Å². The lowest BCUT2D eigenvalue weighted by molar-refractivity contribution is 0.0698. The molecule has 0 saturated heterocycles. The SMILES string of the molecule is CC(C)c1nc2cccc(C(=O)O)c2n1C(CO)C(C)C. The van der Waals surface area contributed by atoms with Crippen LogP contribution in [0.4, 0.5) is 0 Å². The Morgan fingerprint density at radius 1 is 1.29 bits per heavy atom. The zero-order valence-electron chi connectivity index (χ0n) is 12.9. The topological polar surface area (TPSA) is 75.3 Å². The molecule has 0 aliphatic carbocycles. The molecule has 0 spiro atoms. The van der Waals surface area contributed by atoms with E-state index in [9.17, 15) is 15.0 Å². The number of aromatic nitrogens is 2. The van der Waals surface area contributed by atoms with Gasteiger partial charge in [-0.15, -0.1) is 0 Å². The van der Waals surface area contributed by atoms with Crippen LogP contribution in [0, 0.1) is 5.92 Å². The van der Waals surface area contributed by atoms with Crippen LogP contribution in [0.2, 0.25) is 0 Å². The Balaban J connectivity index is 2.86. The van der Waals surface area contributed by atoms with Crippen molar-refractivity contribution in [1.29, 1.82) is 0 Å². The second-order valence-electron chi connectivity index (χ2n) is 5.97. The number of aromatic carboxylic acids is 1. The van der Waals surface area contributed by atoms with E-state index >= 15 is 0 Å². The van der Waals surface area contributed by atoms with Gasteiger partial charge >= 0.3 is 5.97 Å². The van der Waals surface area contributed by atoms with E-state index in [0.29, 0.717) is 11.0 Å². The molecule has 1 heterocycles. The molecule has 1 atom stereocenters. The van der Waals surface area contributed by atoms with Gasteiger partial charge in [-0.05, 0) is 18.1 Å². The Kier molecular flexibility index (Phi) is 4.32. The highest BCUT2D eigenvalue weighted by atomic mass is 16.4. The van der Waals surface area contributed by atoms with Crippen LogP contribution in [-0.2, 0) is 0 Å². The van der Waals surface area contributed by atoms with Gasteiger partial charge in [0.05, 0.1) is 29.2 Å². The summed E-state index contributed by atoms with van der Waals surface area (Å²) in [4.78, 5) is 16.1. The van der Waals surface area contributed by atoms with Crippen molar-refractivity contribution in [3.8, 4) is 0 Å². The van der Waals surface area contributed by atoms with E-state index in [1.165, 1.54) is 0 Å². The normalized spacial score (nSPS) is 13.3. The fraction of sp³-hybridized carbons (Fsp3) is 0.500. The first kappa shape index (κ1) is 15.5. The molecule has 2 aromatic rings. The standard InChI is InChI=1S/C16H22N2O3/c1-9(2)13(8-19)18-14-11(16(20)21)6-5-7-12(14)17-15(18)10(3)4/h5-7,9-10,13,19H,8H2,1-4H3,(H,20,21). The number of hydrogen-bond donors (Lipinski definition) is 2. The van der Waals surface area contributed by atoms with Gasteiger partial charge in [-0.25, -0.2) is 9.78 Å². The molecule has 5 heteroatoms. The van der Waals surface area contributed by atoms with Crippen molar-refractivity contribution < 1.29 is 15.0 Å². The number of fused-ring (bicyclic) bond motifs is 1. The molecule has 21 heavy (non-hydrogen) atoms. The van der Waals surface area contributed by atoms with Gasteiger partial charge in [0.2, 0.25) is 0 Å². The van der Waals surface area contributed by atoms with Crippen LogP contribution in [0.25, 0.3) is 11.0 Å². The Hall–Kier alpha value is -1.88. The first-order chi connectivity index (χ1) is 9.88. The quantitative estimate of drug-likeness (QED) is 0.887. The van der Waals surface area contributed by atoms with Gasteiger partial charge in [-0.2, -0.15) is 0 Å². The van der Waals surface area contributed by atoms with E-state index in [4.69, 9.17) is 0 Å². The van der Waals surface area contributed by atoms with Crippen LogP contribution in [0.3, 0.4) is 0 Å². The molecule has 0 aliphatic heterocycles. The number of aliphatic hydroxyl groups is 1. The maximum absolute atomic E-state index is 11.5. The highest BCUT2D eigenvalue weighted by Gasteiger charge is 2.25. The van der Waals surface area contributed by atoms with E-state index in [1.807, 2.05) is 38.3 Å². The summed E-state index contributed by atoms with van der Waals surface area (Å²) in [6, 6.07) is 4.92. The van der Waals surface area contributed by atoms with Gasteiger partial charge in [0.25, 0.3) is 0 Å². The maximum Gasteiger partial charge on any atom is 0.337 e. The average Bonchev–Trinajstić information content (AvgIpc) is 2.78. The summed E-state index contributed by atoms with van der Waals surface area (Å²) in [5, 5.41) is 19.2. The number of carboxylic acid groups (broad SMARTS) is 1. The third-order valence-electron chi connectivity index (χ3n) is 3.77. The predicted molar refractivity (Wildman–Crippen MR) is 81.7 cm³/mol. The Bertz CT molecular complexity index is 659. The van der Waals surface area contributed by atoms with Crippen LogP contribution >= 0.6 is 0 Å². The number of aliphatic hydroxyl groups excluding tert-OH is 1. The minimum Gasteiger partial charge on any atom is -0.478 e. The van der Waals surface area contributed by atoms with Gasteiger partial charge < -0.3 is 14.8 Å². The third-order valence-corrected chi connectivity index (χ3v) is 3.77. The van der Waals surface area contributed by atoms with Crippen LogP contribution in [0.15, 0.2) is 18.2 Å².